The van der Waals surface area contributed by atoms with E-state index in [1.807, 2.05) is 0 Å². The molecule has 1 amide bonds. The molecular weight excluding hydrogens is 135 g/mol. The van der Waals surface area contributed by atoms with Crippen LogP contribution in [0.2, 0.25) is 0 Å². The first-order valence-corrected chi connectivity index (χ1v) is 2.76. The molecule has 3 nitrogen and oxygen atoms in total. The highest BCUT2D eigenvalue weighted by Gasteiger charge is 2.32. The monoisotopic (exact) mass is 142 g/mol. The summed E-state index contributed by atoms with van der Waals surface area (Å²) in [5.41, 5.74) is 4.74. The molecule has 1 heterocycles. The number of carbonyl (C=O) groups is 1. The maximum Gasteiger partial charge on any atom is 0.280 e. The SMILES string of the molecule is NC(=O)C1(F)C=CC=CN1. The van der Waals surface area contributed by atoms with Gasteiger partial charge in [-0.15, -0.1) is 0 Å². The Balaban J connectivity index is 2.80. The van der Waals surface area contributed by atoms with Gasteiger partial charge in [-0.3, -0.25) is 4.79 Å². The molecule has 0 bridgehead atoms. The van der Waals surface area contributed by atoms with E-state index in [1.165, 1.54) is 12.3 Å². The quantitative estimate of drug-likeness (QED) is 0.498. The molecule has 0 aromatic carbocycles. The van der Waals surface area contributed by atoms with Crippen LogP contribution in [0.15, 0.2) is 24.4 Å². The lowest BCUT2D eigenvalue weighted by molar-refractivity contribution is -0.127. The molecule has 1 atom stereocenters. The fourth-order valence-corrected chi connectivity index (χ4v) is 0.614. The lowest BCUT2D eigenvalue weighted by Crippen LogP contribution is -2.48. The molecule has 0 fully saturated rings. The second-order valence-corrected chi connectivity index (χ2v) is 1.94. The van der Waals surface area contributed by atoms with Crippen molar-refractivity contribution in [2.45, 2.75) is 5.79 Å². The largest absolute Gasteiger partial charge is 0.365 e. The van der Waals surface area contributed by atoms with Crippen molar-refractivity contribution >= 4 is 5.91 Å². The van der Waals surface area contributed by atoms with E-state index in [2.05, 4.69) is 5.32 Å². The Bertz CT molecular complexity index is 212. The Labute approximate surface area is 57.4 Å². The fraction of sp³-hybridized carbons (Fsp3) is 0.167. The number of hydrogen-bond acceptors (Lipinski definition) is 2. The molecule has 1 aliphatic rings. The van der Waals surface area contributed by atoms with E-state index < -0.39 is 11.7 Å². The summed E-state index contributed by atoms with van der Waals surface area (Å²) in [6.45, 7) is 0. The lowest BCUT2D eigenvalue weighted by atomic mass is 10.2. The van der Waals surface area contributed by atoms with Crippen molar-refractivity contribution in [3.8, 4) is 0 Å². The van der Waals surface area contributed by atoms with Crippen LogP contribution in [0.5, 0.6) is 0 Å². The summed E-state index contributed by atoms with van der Waals surface area (Å²) in [6.07, 6.45) is 5.38. The standard InChI is InChI=1S/C6H7FN2O/c7-6(5(8)10)3-1-2-4-9-6/h1-4,9H,(H2,8,10). The average molecular weight is 142 g/mol. The predicted molar refractivity (Wildman–Crippen MR) is 34.4 cm³/mol. The zero-order valence-corrected chi connectivity index (χ0v) is 5.17. The van der Waals surface area contributed by atoms with E-state index >= 15 is 0 Å². The van der Waals surface area contributed by atoms with Gasteiger partial charge in [-0.1, -0.05) is 6.08 Å². The van der Waals surface area contributed by atoms with Crippen LogP contribution in [0, 0.1) is 0 Å². The molecule has 10 heavy (non-hydrogen) atoms. The first-order chi connectivity index (χ1) is 4.65. The Hall–Kier alpha value is -1.32. The molecule has 0 saturated carbocycles. The van der Waals surface area contributed by atoms with Crippen molar-refractivity contribution in [2.24, 2.45) is 5.73 Å². The molecule has 1 rings (SSSR count). The van der Waals surface area contributed by atoms with Crippen LogP contribution in [-0.2, 0) is 4.79 Å². The third-order valence-electron chi connectivity index (χ3n) is 1.19. The van der Waals surface area contributed by atoms with Gasteiger partial charge in [0.1, 0.15) is 0 Å². The van der Waals surface area contributed by atoms with E-state index in [4.69, 9.17) is 5.73 Å². The van der Waals surface area contributed by atoms with Gasteiger partial charge in [0.15, 0.2) is 0 Å². The molecule has 4 heteroatoms. The zero-order valence-electron chi connectivity index (χ0n) is 5.17. The lowest BCUT2D eigenvalue weighted by Gasteiger charge is -2.19. The van der Waals surface area contributed by atoms with Gasteiger partial charge in [-0.25, -0.2) is 4.39 Å². The number of halogens is 1. The predicted octanol–water partition coefficient (Wildman–Crippen LogP) is -0.189. The summed E-state index contributed by atoms with van der Waals surface area (Å²) in [5, 5.41) is 2.19. The minimum atomic E-state index is -2.20. The minimum absolute atomic E-state index is 1.03. The molecule has 0 aliphatic carbocycles. The third kappa shape index (κ3) is 1.00. The second-order valence-electron chi connectivity index (χ2n) is 1.94. The van der Waals surface area contributed by atoms with E-state index in [0.717, 1.165) is 6.08 Å². The number of rotatable bonds is 1. The first kappa shape index (κ1) is 6.80. The molecule has 0 radical (unpaired) electrons. The first-order valence-electron chi connectivity index (χ1n) is 2.76. The van der Waals surface area contributed by atoms with Crippen molar-refractivity contribution < 1.29 is 9.18 Å². The van der Waals surface area contributed by atoms with Crippen LogP contribution in [0.1, 0.15) is 0 Å². The van der Waals surface area contributed by atoms with E-state index in [1.54, 1.807) is 6.08 Å². The number of primary amides is 1. The van der Waals surface area contributed by atoms with E-state index in [-0.39, 0.29) is 0 Å². The molecule has 54 valence electrons. The Kier molecular flexibility index (Phi) is 1.45. The maximum absolute atomic E-state index is 13.0. The van der Waals surface area contributed by atoms with Crippen molar-refractivity contribution in [3.63, 3.8) is 0 Å². The summed E-state index contributed by atoms with van der Waals surface area (Å²) in [4.78, 5) is 10.4. The summed E-state index contributed by atoms with van der Waals surface area (Å²) < 4.78 is 13.0. The van der Waals surface area contributed by atoms with Crippen molar-refractivity contribution in [2.75, 3.05) is 0 Å². The van der Waals surface area contributed by atoms with Gasteiger partial charge >= 0.3 is 0 Å². The van der Waals surface area contributed by atoms with Gasteiger partial charge in [0, 0.05) is 0 Å². The molecule has 0 aromatic rings. The van der Waals surface area contributed by atoms with Crippen LogP contribution in [-0.4, -0.2) is 11.7 Å². The van der Waals surface area contributed by atoms with Gasteiger partial charge in [0.05, 0.1) is 0 Å². The highest BCUT2D eigenvalue weighted by atomic mass is 19.1. The number of dihydropyridines is 1. The summed E-state index contributed by atoms with van der Waals surface area (Å²) >= 11 is 0. The molecular formula is C6H7FN2O. The zero-order chi connectivity index (χ0) is 7.61. The van der Waals surface area contributed by atoms with Gasteiger partial charge in [0.2, 0.25) is 0 Å². The summed E-state index contributed by atoms with van der Waals surface area (Å²) in [7, 11) is 0. The highest BCUT2D eigenvalue weighted by molar-refractivity contribution is 5.85. The number of amides is 1. The average Bonchev–Trinajstić information content (AvgIpc) is 1.89. The number of hydrogen-bond donors (Lipinski definition) is 2. The van der Waals surface area contributed by atoms with E-state index in [9.17, 15) is 9.18 Å². The molecule has 0 saturated heterocycles. The van der Waals surface area contributed by atoms with Crippen molar-refractivity contribution in [1.29, 1.82) is 0 Å². The van der Waals surface area contributed by atoms with Gasteiger partial charge in [-0.2, -0.15) is 0 Å². The van der Waals surface area contributed by atoms with Crippen LogP contribution < -0.4 is 11.1 Å². The van der Waals surface area contributed by atoms with Crippen LogP contribution >= 0.6 is 0 Å². The van der Waals surface area contributed by atoms with Crippen LogP contribution in [0.25, 0.3) is 0 Å². The van der Waals surface area contributed by atoms with Crippen LogP contribution in [0.3, 0.4) is 0 Å². The summed E-state index contributed by atoms with van der Waals surface area (Å²) in [6, 6.07) is 0. The molecule has 0 spiro atoms. The normalized spacial score (nSPS) is 29.7. The van der Waals surface area contributed by atoms with Crippen molar-refractivity contribution in [1.82, 2.24) is 5.32 Å². The molecule has 3 N–H and O–H groups in total. The smallest absolute Gasteiger partial charge is 0.280 e. The maximum atomic E-state index is 13.0. The van der Waals surface area contributed by atoms with E-state index in [0.29, 0.717) is 0 Å². The molecule has 1 unspecified atom stereocenters. The second kappa shape index (κ2) is 2.13. The Morgan fingerprint density at radius 3 is 2.60 bits per heavy atom. The summed E-state index contributed by atoms with van der Waals surface area (Å²) in [5.74, 6) is -3.23. The number of carbonyl (C=O) groups excluding carboxylic acids is 1. The highest BCUT2D eigenvalue weighted by Crippen LogP contribution is 2.10. The number of nitrogens with one attached hydrogen (secondary N) is 1. The van der Waals surface area contributed by atoms with Crippen LogP contribution in [0.4, 0.5) is 4.39 Å². The fourth-order valence-electron chi connectivity index (χ4n) is 0.614. The topological polar surface area (TPSA) is 55.1 Å². The molecule has 0 aromatic heterocycles. The Morgan fingerprint density at radius 2 is 2.30 bits per heavy atom. The van der Waals surface area contributed by atoms with Crippen molar-refractivity contribution in [3.05, 3.63) is 24.4 Å². The third-order valence-corrected chi connectivity index (χ3v) is 1.19. The molecule has 1 aliphatic heterocycles. The number of allylic oxidation sites excluding steroid dienone is 2. The number of alkyl halides is 1. The number of nitrogens with two attached hydrogens (primary N) is 1. The van der Waals surface area contributed by atoms with Gasteiger partial charge in [0.25, 0.3) is 11.7 Å². The van der Waals surface area contributed by atoms with Gasteiger partial charge in [-0.05, 0) is 18.4 Å². The van der Waals surface area contributed by atoms with Gasteiger partial charge < -0.3 is 11.1 Å². The minimum Gasteiger partial charge on any atom is -0.365 e. The Morgan fingerprint density at radius 1 is 1.60 bits per heavy atom.